The molecule has 2 heterocycles. The smallest absolute Gasteiger partial charge is 0.0646 e. The van der Waals surface area contributed by atoms with Crippen LogP contribution in [0.25, 0.3) is 77.2 Å². The monoisotopic (exact) mass is 588 g/mol. The van der Waals surface area contributed by atoms with Crippen LogP contribution < -0.4 is 0 Å². The lowest BCUT2D eigenvalue weighted by atomic mass is 10.0. The minimum Gasteiger partial charge on any atom is -0.309 e. The van der Waals surface area contributed by atoms with Crippen molar-refractivity contribution in [2.75, 3.05) is 0 Å². The third kappa shape index (κ3) is 3.75. The van der Waals surface area contributed by atoms with E-state index in [9.17, 15) is 12.3 Å². The summed E-state index contributed by atoms with van der Waals surface area (Å²) >= 11 is 0. The molecule has 0 spiro atoms. The quantitative estimate of drug-likeness (QED) is 0.193. The Kier molecular flexibility index (Phi) is 2.14. The Labute approximate surface area is 295 Å². The van der Waals surface area contributed by atoms with Gasteiger partial charge >= 0.3 is 0 Å². The normalized spacial score (nSPS) is 20.5. The second-order valence-electron chi connectivity index (χ2n) is 9.26. The third-order valence-corrected chi connectivity index (χ3v) is 6.92. The second-order valence-corrected chi connectivity index (χ2v) is 9.26. The van der Waals surface area contributed by atoms with Gasteiger partial charge in [-0.2, -0.15) is 0 Å². The lowest BCUT2D eigenvalue weighted by molar-refractivity contribution is 1.17. The summed E-state index contributed by atoms with van der Waals surface area (Å²) in [6.45, 7) is 0. The number of nitrogens with zero attached hydrogens (tertiary/aromatic N) is 2. The number of benzene rings is 7. The zero-order valence-electron chi connectivity index (χ0n) is 49.9. The summed E-state index contributed by atoms with van der Waals surface area (Å²) in [4.78, 5) is 0. The van der Waals surface area contributed by atoms with Crippen LogP contribution in [0.1, 0.15) is 38.4 Å². The molecule has 0 amide bonds. The number of aromatic nitrogens is 2. The fourth-order valence-electron chi connectivity index (χ4n) is 5.12. The number of fused-ring (bicyclic) bond motifs is 7. The first-order valence-electron chi connectivity index (χ1n) is 26.8. The van der Waals surface area contributed by atoms with Gasteiger partial charge in [-0.05, 0) is 70.6 Å². The maximum atomic E-state index is 9.61. The van der Waals surface area contributed by atoms with Gasteiger partial charge in [0.2, 0.25) is 0 Å². The molecule has 0 aliphatic carbocycles. The van der Waals surface area contributed by atoms with Crippen molar-refractivity contribution in [3.8, 4) is 33.6 Å². The number of hydrogen-bond acceptors (Lipinski definition) is 0. The molecule has 9 rings (SSSR count). The molecule has 0 aliphatic heterocycles. The molecule has 0 bridgehead atoms. The van der Waals surface area contributed by atoms with E-state index in [1.165, 1.54) is 0 Å². The molecule has 0 saturated carbocycles. The summed E-state index contributed by atoms with van der Waals surface area (Å²) in [6, 6.07) is -26.0. The van der Waals surface area contributed by atoms with E-state index in [-0.39, 0.29) is 0 Å². The van der Waals surface area contributed by atoms with E-state index in [0.29, 0.717) is 0 Å². The van der Waals surface area contributed by atoms with Crippen LogP contribution in [-0.4, -0.2) is 9.13 Å². The predicted molar refractivity (Wildman–Crippen MR) is 186 cm³/mol. The lowest BCUT2D eigenvalue weighted by Crippen LogP contribution is -1.94. The van der Waals surface area contributed by atoms with Gasteiger partial charge < -0.3 is 9.13 Å². The molecule has 0 saturated heterocycles. The van der Waals surface area contributed by atoms with Crippen LogP contribution in [0, 0.1) is 0 Å². The summed E-state index contributed by atoms with van der Waals surface area (Å²) in [6.07, 6.45) is 0. The van der Waals surface area contributed by atoms with Crippen molar-refractivity contribution < 1.29 is 38.4 Å². The number of rotatable bonds is 4. The van der Waals surface area contributed by atoms with Crippen molar-refractivity contribution in [2.45, 2.75) is 0 Å². The Bertz CT molecular complexity index is 3960. The van der Waals surface area contributed by atoms with Crippen molar-refractivity contribution in [1.29, 1.82) is 0 Å². The summed E-state index contributed by atoms with van der Waals surface area (Å²) in [5.41, 5.74) is -7.19. The molecule has 2 aromatic heterocycles. The fourth-order valence-corrected chi connectivity index (χ4v) is 5.12. The number of para-hydroxylation sites is 3. The highest BCUT2D eigenvalue weighted by atomic mass is 15.0. The third-order valence-electron chi connectivity index (χ3n) is 6.92. The van der Waals surface area contributed by atoms with Gasteiger partial charge in [0.25, 0.3) is 0 Å². The first-order valence-corrected chi connectivity index (χ1v) is 12.8. The SMILES string of the molecule is [2H]c1c([2H])c([2H])c(-c2c([2H])c([2H])c(-c3c([2H])c([2H])c(-n4c5c([2H])c([2H])c([2H])c([2H])c5c5c6c7c([2H])c([2H])c([2H])c([2H])c7n(-c7c([2H])c([2H])c([2H])c([2H])c7[2H])c6c([2H])c([2H])c54)c([2H])c3[2H])c([2H])c2[2H])c([2H])c1[2H]. The van der Waals surface area contributed by atoms with E-state index in [2.05, 4.69) is 0 Å². The van der Waals surface area contributed by atoms with Crippen molar-refractivity contribution in [1.82, 2.24) is 9.13 Å². The van der Waals surface area contributed by atoms with E-state index in [0.717, 1.165) is 9.13 Å². The second kappa shape index (κ2) is 9.86. The summed E-state index contributed by atoms with van der Waals surface area (Å²) < 4.78 is 249. The molecule has 0 unspecified atom stereocenters. The highest BCUT2D eigenvalue weighted by Gasteiger charge is 2.20. The van der Waals surface area contributed by atoms with E-state index < -0.39 is 246 Å². The summed E-state index contributed by atoms with van der Waals surface area (Å²) in [5, 5.41) is -2.02. The number of hydrogen-bond donors (Lipinski definition) is 0. The van der Waals surface area contributed by atoms with Crippen LogP contribution in [0.15, 0.2) is 169 Å². The van der Waals surface area contributed by atoms with Crippen molar-refractivity contribution in [2.24, 2.45) is 0 Å². The van der Waals surface area contributed by atoms with Gasteiger partial charge in [-0.15, -0.1) is 0 Å². The topological polar surface area (TPSA) is 9.86 Å². The lowest BCUT2D eigenvalue weighted by Gasteiger charge is -2.10. The molecule has 44 heavy (non-hydrogen) atoms. The standard InChI is InChI=1S/C42H28N2/c1-3-11-29(12-4-1)30-19-21-31(22-20-30)32-23-25-34(26-24-32)44-38-18-10-8-16-36(38)42-40(44)28-27-39-41(42)35-15-7-9-17-37(35)43(39)33-13-5-2-6-14-33/h1-28H/i1D,2D,3D,4D,5D,6D,7D,8D,9D,10D,11D,12D,13D,14D,15D,16D,17D,18D,19D,20D,21D,22D,23D,24D,25D,26D,27D,28D. The molecule has 7 aromatic carbocycles. The maximum Gasteiger partial charge on any atom is 0.0646 e. The van der Waals surface area contributed by atoms with Gasteiger partial charge in [-0.25, -0.2) is 0 Å². The average Bonchev–Trinajstić information content (AvgIpc) is 3.88. The van der Waals surface area contributed by atoms with Crippen molar-refractivity contribution >= 4 is 43.6 Å². The molecule has 0 aliphatic rings. The molecular weight excluding hydrogens is 532 g/mol. The minimum atomic E-state index is -1.08. The molecule has 2 heteroatoms. The molecule has 0 fully saturated rings. The van der Waals surface area contributed by atoms with E-state index >= 15 is 0 Å². The van der Waals surface area contributed by atoms with Gasteiger partial charge in [0.1, 0.15) is 0 Å². The van der Waals surface area contributed by atoms with Crippen molar-refractivity contribution in [3.05, 3.63) is 169 Å². The van der Waals surface area contributed by atoms with Crippen LogP contribution in [-0.2, 0) is 0 Å². The molecule has 0 radical (unpaired) electrons. The van der Waals surface area contributed by atoms with Crippen LogP contribution in [0.4, 0.5) is 0 Å². The molecule has 9 aromatic rings. The molecule has 0 atom stereocenters. The van der Waals surface area contributed by atoms with Crippen LogP contribution >= 0.6 is 0 Å². The van der Waals surface area contributed by atoms with Gasteiger partial charge in [0.15, 0.2) is 0 Å². The van der Waals surface area contributed by atoms with E-state index in [4.69, 9.17) is 26.0 Å². The van der Waals surface area contributed by atoms with Gasteiger partial charge in [-0.1, -0.05) is 121 Å². The Morgan fingerprint density at radius 3 is 1.16 bits per heavy atom. The van der Waals surface area contributed by atoms with Gasteiger partial charge in [0, 0.05) is 32.9 Å². The molecular formula is C42H28N2. The van der Waals surface area contributed by atoms with Crippen LogP contribution in [0.3, 0.4) is 0 Å². The summed E-state index contributed by atoms with van der Waals surface area (Å²) in [5.74, 6) is 0. The zero-order valence-corrected chi connectivity index (χ0v) is 21.9. The first-order chi connectivity index (χ1) is 33.5. The summed E-state index contributed by atoms with van der Waals surface area (Å²) in [7, 11) is 0. The minimum absolute atomic E-state index is 0.469. The Balaban J connectivity index is 1.50. The highest BCUT2D eigenvalue weighted by molar-refractivity contribution is 6.28. The highest BCUT2D eigenvalue weighted by Crippen LogP contribution is 2.42. The van der Waals surface area contributed by atoms with Crippen LogP contribution in [0.2, 0.25) is 0 Å². The van der Waals surface area contributed by atoms with E-state index in [1.54, 1.807) is 0 Å². The maximum absolute atomic E-state index is 9.61. The van der Waals surface area contributed by atoms with Gasteiger partial charge in [-0.3, -0.25) is 0 Å². The van der Waals surface area contributed by atoms with Gasteiger partial charge in [0.05, 0.1) is 60.4 Å². The zero-order chi connectivity index (χ0) is 53.4. The van der Waals surface area contributed by atoms with Crippen molar-refractivity contribution in [3.63, 3.8) is 0 Å². The molecule has 0 N–H and O–H groups in total. The predicted octanol–water partition coefficient (Wildman–Crippen LogP) is 11.2. The molecule has 206 valence electrons. The fraction of sp³-hybridized carbons (Fsp3) is 0. The Morgan fingerprint density at radius 2 is 0.659 bits per heavy atom. The Morgan fingerprint density at radius 1 is 0.295 bits per heavy atom. The van der Waals surface area contributed by atoms with Crippen LogP contribution in [0.5, 0.6) is 0 Å². The molecule has 2 nitrogen and oxygen atoms in total. The van der Waals surface area contributed by atoms with E-state index in [1.807, 2.05) is 0 Å². The largest absolute Gasteiger partial charge is 0.309 e. The average molecular weight is 589 g/mol. The Hall–Kier alpha value is -5.86. The first kappa shape index (κ1) is 9.57.